The summed E-state index contributed by atoms with van der Waals surface area (Å²) in [6.07, 6.45) is 5.24. The van der Waals surface area contributed by atoms with Crippen molar-refractivity contribution in [3.05, 3.63) is 42.1 Å². The Morgan fingerprint density at radius 3 is 2.38 bits per heavy atom. The van der Waals surface area contributed by atoms with Crippen molar-refractivity contribution in [3.8, 4) is 0 Å². The van der Waals surface area contributed by atoms with Gasteiger partial charge in [0.1, 0.15) is 5.82 Å². The summed E-state index contributed by atoms with van der Waals surface area (Å²) in [6.45, 7) is 1.52. The number of amides is 1. The number of halogens is 1. The number of primary amides is 1. The van der Waals surface area contributed by atoms with E-state index in [9.17, 15) is 9.18 Å². The van der Waals surface area contributed by atoms with Crippen LogP contribution in [0.3, 0.4) is 0 Å². The van der Waals surface area contributed by atoms with Gasteiger partial charge in [-0.25, -0.2) is 9.18 Å². The highest BCUT2D eigenvalue weighted by atomic mass is 19.1. The van der Waals surface area contributed by atoms with Gasteiger partial charge in [0.05, 0.1) is 19.8 Å². The van der Waals surface area contributed by atoms with Gasteiger partial charge in [-0.1, -0.05) is 12.1 Å². The van der Waals surface area contributed by atoms with Crippen LogP contribution in [-0.2, 0) is 19.6 Å². The quantitative estimate of drug-likeness (QED) is 0.839. The first-order valence-corrected chi connectivity index (χ1v) is 8.34. The van der Waals surface area contributed by atoms with Crippen molar-refractivity contribution in [1.29, 1.82) is 0 Å². The Hall–Kier alpha value is -1.66. The van der Waals surface area contributed by atoms with Gasteiger partial charge in [-0.2, -0.15) is 0 Å². The van der Waals surface area contributed by atoms with Crippen molar-refractivity contribution in [1.82, 2.24) is 0 Å². The van der Waals surface area contributed by atoms with Crippen LogP contribution in [0.15, 0.2) is 24.3 Å². The summed E-state index contributed by atoms with van der Waals surface area (Å²) in [5.41, 5.74) is 5.87. The van der Waals surface area contributed by atoms with Gasteiger partial charge < -0.3 is 19.9 Å². The maximum Gasteiger partial charge on any atom is 0.404 e. The molecule has 24 heavy (non-hydrogen) atoms. The standard InChI is InChI=1S/C18H23FNO4/c19-15-4-2-14(3-5-15)17(6-1-11-22-16(20)21)7-9-18(10-8-17)23-12-13-24-18/h2-6H,1,7-13H2,(H2,20,21). The third-order valence-electron chi connectivity index (χ3n) is 5.03. The van der Waals surface area contributed by atoms with Gasteiger partial charge in [-0.15, -0.1) is 0 Å². The highest BCUT2D eigenvalue weighted by Gasteiger charge is 2.46. The predicted octanol–water partition coefficient (Wildman–Crippen LogP) is 3.07. The highest BCUT2D eigenvalue weighted by molar-refractivity contribution is 5.64. The van der Waals surface area contributed by atoms with Gasteiger partial charge in [0, 0.05) is 12.8 Å². The Morgan fingerprint density at radius 1 is 1.17 bits per heavy atom. The van der Waals surface area contributed by atoms with E-state index in [-0.39, 0.29) is 17.8 Å². The molecule has 0 aromatic heterocycles. The number of nitrogens with two attached hydrogens (primary N) is 1. The van der Waals surface area contributed by atoms with E-state index in [2.05, 4.69) is 6.42 Å². The lowest BCUT2D eigenvalue weighted by Gasteiger charge is -2.44. The normalized spacial score (nSPS) is 21.7. The lowest BCUT2D eigenvalue weighted by atomic mass is 9.65. The Bertz CT molecular complexity index is 559. The average Bonchev–Trinajstić information content (AvgIpc) is 3.03. The van der Waals surface area contributed by atoms with E-state index >= 15 is 0 Å². The largest absolute Gasteiger partial charge is 0.450 e. The van der Waals surface area contributed by atoms with Crippen LogP contribution >= 0.6 is 0 Å². The third kappa shape index (κ3) is 3.70. The second kappa shape index (κ2) is 7.07. The summed E-state index contributed by atoms with van der Waals surface area (Å²) >= 11 is 0. The van der Waals surface area contributed by atoms with Crippen LogP contribution in [0.1, 0.15) is 37.7 Å². The van der Waals surface area contributed by atoms with Gasteiger partial charge in [0.2, 0.25) is 0 Å². The van der Waals surface area contributed by atoms with E-state index in [0.717, 1.165) is 31.2 Å². The molecular formula is C18H23FNO4. The van der Waals surface area contributed by atoms with Gasteiger partial charge in [0.25, 0.3) is 0 Å². The Labute approximate surface area is 141 Å². The van der Waals surface area contributed by atoms with Crippen molar-refractivity contribution >= 4 is 6.09 Å². The Kier molecular flexibility index (Phi) is 5.06. The SMILES string of the molecule is NC(=O)OCC[CH]C1(c2ccc(F)cc2)CCC2(CC1)OCCO2. The highest BCUT2D eigenvalue weighted by Crippen LogP contribution is 2.48. The van der Waals surface area contributed by atoms with Crippen molar-refractivity contribution in [2.45, 2.75) is 43.3 Å². The molecule has 2 fully saturated rings. The zero-order valence-corrected chi connectivity index (χ0v) is 13.6. The molecule has 1 amide bonds. The fraction of sp³-hybridized carbons (Fsp3) is 0.556. The fourth-order valence-corrected chi connectivity index (χ4v) is 3.75. The number of rotatable bonds is 5. The minimum absolute atomic E-state index is 0.199. The second-order valence-corrected chi connectivity index (χ2v) is 6.43. The monoisotopic (exact) mass is 336 g/mol. The van der Waals surface area contributed by atoms with Crippen LogP contribution in [-0.4, -0.2) is 31.7 Å². The van der Waals surface area contributed by atoms with Crippen LogP contribution in [0.5, 0.6) is 0 Å². The van der Waals surface area contributed by atoms with Crippen molar-refractivity contribution in [3.63, 3.8) is 0 Å². The molecular weight excluding hydrogens is 313 g/mol. The van der Waals surface area contributed by atoms with Crippen molar-refractivity contribution < 1.29 is 23.4 Å². The zero-order valence-electron chi connectivity index (χ0n) is 13.6. The molecule has 5 nitrogen and oxygen atoms in total. The van der Waals surface area contributed by atoms with Gasteiger partial charge in [0.15, 0.2) is 5.79 Å². The summed E-state index contributed by atoms with van der Waals surface area (Å²) in [5.74, 6) is -0.707. The smallest absolute Gasteiger partial charge is 0.404 e. The molecule has 1 aromatic carbocycles. The molecule has 1 aromatic rings. The Balaban J connectivity index is 1.71. The lowest BCUT2D eigenvalue weighted by molar-refractivity contribution is -0.183. The first-order valence-electron chi connectivity index (χ1n) is 8.34. The lowest BCUT2D eigenvalue weighted by Crippen LogP contribution is -2.42. The molecule has 1 aliphatic carbocycles. The maximum atomic E-state index is 13.3. The van der Waals surface area contributed by atoms with Crippen LogP contribution in [0, 0.1) is 12.2 Å². The molecule has 1 saturated carbocycles. The molecule has 1 spiro atoms. The molecule has 0 unspecified atom stereocenters. The summed E-state index contributed by atoms with van der Waals surface area (Å²) in [4.78, 5) is 10.7. The number of hydrogen-bond donors (Lipinski definition) is 1. The predicted molar refractivity (Wildman–Crippen MR) is 85.6 cm³/mol. The van der Waals surface area contributed by atoms with Gasteiger partial charge in [-0.05, 0) is 48.8 Å². The number of hydrogen-bond acceptors (Lipinski definition) is 4. The third-order valence-corrected chi connectivity index (χ3v) is 5.03. The van der Waals surface area contributed by atoms with Crippen LogP contribution < -0.4 is 5.73 Å². The molecule has 6 heteroatoms. The molecule has 1 saturated heterocycles. The summed E-state index contributed by atoms with van der Waals surface area (Å²) in [6, 6.07) is 6.62. The van der Waals surface area contributed by atoms with E-state index in [4.69, 9.17) is 19.9 Å². The topological polar surface area (TPSA) is 70.8 Å². The van der Waals surface area contributed by atoms with Gasteiger partial charge in [-0.3, -0.25) is 0 Å². The number of ether oxygens (including phenoxy) is 3. The summed E-state index contributed by atoms with van der Waals surface area (Å²) in [5, 5.41) is 0. The molecule has 1 radical (unpaired) electrons. The van der Waals surface area contributed by atoms with E-state index < -0.39 is 11.9 Å². The van der Waals surface area contributed by atoms with E-state index in [1.807, 2.05) is 12.1 Å². The summed E-state index contributed by atoms with van der Waals surface area (Å²) < 4.78 is 29.7. The minimum atomic E-state index is -0.769. The van der Waals surface area contributed by atoms with Crippen LogP contribution in [0.25, 0.3) is 0 Å². The first-order chi connectivity index (χ1) is 11.5. The molecule has 3 rings (SSSR count). The molecule has 131 valence electrons. The van der Waals surface area contributed by atoms with Crippen molar-refractivity contribution in [2.75, 3.05) is 19.8 Å². The zero-order chi connectivity index (χ0) is 17.0. The van der Waals surface area contributed by atoms with E-state index in [0.29, 0.717) is 19.6 Å². The fourth-order valence-electron chi connectivity index (χ4n) is 3.75. The van der Waals surface area contributed by atoms with E-state index in [1.165, 1.54) is 12.1 Å². The first kappa shape index (κ1) is 17.2. The Morgan fingerprint density at radius 2 is 1.79 bits per heavy atom. The molecule has 1 heterocycles. The van der Waals surface area contributed by atoms with Crippen molar-refractivity contribution in [2.24, 2.45) is 5.73 Å². The molecule has 0 atom stereocenters. The second-order valence-electron chi connectivity index (χ2n) is 6.43. The average molecular weight is 336 g/mol. The maximum absolute atomic E-state index is 13.3. The molecule has 1 aliphatic heterocycles. The number of carbonyl (C=O) groups is 1. The van der Waals surface area contributed by atoms with Crippen LogP contribution in [0.2, 0.25) is 0 Å². The molecule has 2 aliphatic rings. The number of carbonyl (C=O) groups excluding carboxylic acids is 1. The minimum Gasteiger partial charge on any atom is -0.450 e. The summed E-state index contributed by atoms with van der Waals surface area (Å²) in [7, 11) is 0. The van der Waals surface area contributed by atoms with Gasteiger partial charge >= 0.3 is 6.09 Å². The van der Waals surface area contributed by atoms with E-state index in [1.54, 1.807) is 0 Å². The molecule has 0 bridgehead atoms. The van der Waals surface area contributed by atoms with Crippen LogP contribution in [0.4, 0.5) is 9.18 Å². The molecule has 2 N–H and O–H groups in total. The number of benzene rings is 1.